The molecule has 9 unspecified atom stereocenters. The maximum absolute atomic E-state index is 12.2. The second-order valence-electron chi connectivity index (χ2n) is 11.0. The summed E-state index contributed by atoms with van der Waals surface area (Å²) in [5.41, 5.74) is -0.489. The lowest BCUT2D eigenvalue weighted by atomic mass is 9.45. The van der Waals surface area contributed by atoms with Crippen LogP contribution in [0.4, 0.5) is 0 Å². The molecule has 0 aromatic rings. The number of hydrogen-bond donors (Lipinski definition) is 2. The Morgan fingerprint density at radius 1 is 1.13 bits per heavy atom. The molecule has 0 aliphatic heterocycles. The fourth-order valence-electron chi connectivity index (χ4n) is 8.04. The summed E-state index contributed by atoms with van der Waals surface area (Å²) in [4.78, 5) is 23.0. The van der Waals surface area contributed by atoms with Gasteiger partial charge in [-0.05, 0) is 62.7 Å². The molecule has 0 aromatic heterocycles. The van der Waals surface area contributed by atoms with E-state index in [0.29, 0.717) is 12.8 Å². The molecule has 4 aliphatic carbocycles. The molecule has 31 heavy (non-hydrogen) atoms. The van der Waals surface area contributed by atoms with Gasteiger partial charge in [-0.1, -0.05) is 25.5 Å². The summed E-state index contributed by atoms with van der Waals surface area (Å²) in [5.74, 6) is -0.386. The number of rotatable bonds is 3. The van der Waals surface area contributed by atoms with Crippen LogP contribution in [-0.2, 0) is 19.1 Å². The third-order valence-electron chi connectivity index (χ3n) is 9.66. The van der Waals surface area contributed by atoms with Gasteiger partial charge < -0.3 is 19.7 Å². The van der Waals surface area contributed by atoms with Gasteiger partial charge in [0, 0.05) is 31.6 Å². The molecule has 174 valence electrons. The molecule has 6 nitrogen and oxygen atoms in total. The fourth-order valence-corrected chi connectivity index (χ4v) is 8.04. The van der Waals surface area contributed by atoms with Gasteiger partial charge in [-0.25, -0.2) is 0 Å². The fraction of sp³-hybridized carbons (Fsp3) is 0.840. The van der Waals surface area contributed by atoms with Crippen LogP contribution in [0.25, 0.3) is 0 Å². The van der Waals surface area contributed by atoms with Gasteiger partial charge in [-0.2, -0.15) is 0 Å². The Morgan fingerprint density at radius 3 is 2.48 bits per heavy atom. The summed E-state index contributed by atoms with van der Waals surface area (Å²) in [6, 6.07) is 0. The number of esters is 2. The predicted octanol–water partition coefficient (Wildman–Crippen LogP) is 3.53. The Morgan fingerprint density at radius 2 is 1.84 bits per heavy atom. The quantitative estimate of drug-likeness (QED) is 0.521. The summed E-state index contributed by atoms with van der Waals surface area (Å²) in [6.45, 7) is 9.03. The van der Waals surface area contributed by atoms with Crippen LogP contribution in [0.5, 0.6) is 0 Å². The van der Waals surface area contributed by atoms with Crippen molar-refractivity contribution in [3.05, 3.63) is 11.6 Å². The van der Waals surface area contributed by atoms with Crippen molar-refractivity contribution >= 4 is 11.9 Å². The van der Waals surface area contributed by atoms with Crippen molar-refractivity contribution in [2.45, 2.75) is 103 Å². The van der Waals surface area contributed by atoms with Gasteiger partial charge in [0.1, 0.15) is 12.2 Å². The topological polar surface area (TPSA) is 93.1 Å². The number of carbonyl (C=O) groups is 2. The molecule has 4 rings (SSSR count). The summed E-state index contributed by atoms with van der Waals surface area (Å²) in [5, 5.41) is 23.6. The van der Waals surface area contributed by atoms with Crippen molar-refractivity contribution in [1.82, 2.24) is 0 Å². The first kappa shape index (κ1) is 22.8. The van der Waals surface area contributed by atoms with E-state index in [1.165, 1.54) is 19.4 Å². The minimum absolute atomic E-state index is 0.0643. The number of aliphatic hydroxyl groups excluding tert-OH is 1. The normalized spacial score (nSPS) is 47.3. The van der Waals surface area contributed by atoms with Gasteiger partial charge in [-0.3, -0.25) is 9.59 Å². The third kappa shape index (κ3) is 3.28. The Kier molecular flexibility index (Phi) is 5.57. The van der Waals surface area contributed by atoms with Crippen LogP contribution in [0.1, 0.15) is 79.6 Å². The van der Waals surface area contributed by atoms with Crippen LogP contribution >= 0.6 is 0 Å². The Bertz CT molecular complexity index is 791. The highest BCUT2D eigenvalue weighted by molar-refractivity contribution is 5.66. The number of carbonyl (C=O) groups excluding carboxylic acids is 2. The largest absolute Gasteiger partial charge is 0.463 e. The molecule has 0 amide bonds. The molecule has 2 N–H and O–H groups in total. The van der Waals surface area contributed by atoms with Gasteiger partial charge in [0.2, 0.25) is 0 Å². The van der Waals surface area contributed by atoms with E-state index < -0.39 is 17.1 Å². The van der Waals surface area contributed by atoms with Gasteiger partial charge in [0.25, 0.3) is 0 Å². The zero-order valence-electron chi connectivity index (χ0n) is 19.5. The second kappa shape index (κ2) is 7.58. The van der Waals surface area contributed by atoms with Crippen molar-refractivity contribution in [3.63, 3.8) is 0 Å². The number of allylic oxidation sites excluding steroid dienone is 1. The van der Waals surface area contributed by atoms with Crippen molar-refractivity contribution in [3.8, 4) is 0 Å². The predicted molar refractivity (Wildman–Crippen MR) is 115 cm³/mol. The Labute approximate surface area is 185 Å². The van der Waals surface area contributed by atoms with E-state index in [0.717, 1.165) is 32.1 Å². The maximum atomic E-state index is 12.2. The number of ether oxygens (including phenoxy) is 2. The molecule has 3 saturated carbocycles. The first-order chi connectivity index (χ1) is 14.4. The Hall–Kier alpha value is -1.40. The number of hydrogen-bond acceptors (Lipinski definition) is 6. The van der Waals surface area contributed by atoms with Crippen LogP contribution in [0.3, 0.4) is 0 Å². The minimum atomic E-state index is -0.994. The van der Waals surface area contributed by atoms with Crippen molar-refractivity contribution < 1.29 is 29.3 Å². The molecule has 4 aliphatic rings. The van der Waals surface area contributed by atoms with Crippen molar-refractivity contribution in [1.29, 1.82) is 0 Å². The van der Waals surface area contributed by atoms with Crippen LogP contribution in [-0.4, -0.2) is 46.1 Å². The smallest absolute Gasteiger partial charge is 0.302 e. The van der Waals surface area contributed by atoms with E-state index in [-0.39, 0.29) is 47.3 Å². The van der Waals surface area contributed by atoms with Gasteiger partial charge in [0.05, 0.1) is 11.7 Å². The summed E-state index contributed by atoms with van der Waals surface area (Å²) in [6.07, 6.45) is 6.42. The molecular weight excluding hydrogens is 396 g/mol. The first-order valence-electron chi connectivity index (χ1n) is 11.9. The van der Waals surface area contributed by atoms with Crippen LogP contribution in [0.2, 0.25) is 0 Å². The highest BCUT2D eigenvalue weighted by atomic mass is 16.5. The molecule has 9 atom stereocenters. The number of aliphatic hydroxyl groups is 2. The van der Waals surface area contributed by atoms with Crippen LogP contribution in [0.15, 0.2) is 11.6 Å². The van der Waals surface area contributed by atoms with Gasteiger partial charge >= 0.3 is 11.9 Å². The van der Waals surface area contributed by atoms with E-state index in [2.05, 4.69) is 13.0 Å². The van der Waals surface area contributed by atoms with Gasteiger partial charge in [-0.15, -0.1) is 0 Å². The first-order valence-corrected chi connectivity index (χ1v) is 11.9. The van der Waals surface area contributed by atoms with E-state index >= 15 is 0 Å². The lowest BCUT2D eigenvalue weighted by Gasteiger charge is -2.63. The summed E-state index contributed by atoms with van der Waals surface area (Å²) >= 11 is 0. The standard InChI is InChI=1S/C25H38O6/c1-14(30-15(2)26)19-9-11-25(29)20-7-6-17-12-18(31-16(3)27)8-10-23(17,4)21(20)13-22(28)24(19,25)5/h6,14,18-22,28-29H,7-13H2,1-5H3. The molecular formula is C25H38O6. The molecule has 0 heterocycles. The lowest BCUT2D eigenvalue weighted by Crippen LogP contribution is -2.66. The van der Waals surface area contributed by atoms with Crippen molar-refractivity contribution in [2.24, 2.45) is 28.6 Å². The lowest BCUT2D eigenvalue weighted by molar-refractivity contribution is -0.233. The van der Waals surface area contributed by atoms with E-state index in [1.807, 2.05) is 13.8 Å². The Balaban J connectivity index is 1.64. The summed E-state index contributed by atoms with van der Waals surface area (Å²) in [7, 11) is 0. The highest BCUT2D eigenvalue weighted by Crippen LogP contribution is 2.68. The molecule has 0 bridgehead atoms. The molecule has 6 heteroatoms. The van der Waals surface area contributed by atoms with Crippen LogP contribution in [0, 0.1) is 28.6 Å². The average molecular weight is 435 g/mol. The SMILES string of the molecule is CC(=O)OC1CCC2(C)C(=CCC3C2CC(O)C2(C)C(C(C)OC(C)=O)CCC32O)C1. The second-order valence-corrected chi connectivity index (χ2v) is 11.0. The van der Waals surface area contributed by atoms with Gasteiger partial charge in [0.15, 0.2) is 0 Å². The maximum Gasteiger partial charge on any atom is 0.302 e. The number of fused-ring (bicyclic) bond motifs is 5. The van der Waals surface area contributed by atoms with E-state index in [1.54, 1.807) is 0 Å². The molecule has 0 aromatic carbocycles. The van der Waals surface area contributed by atoms with Crippen LogP contribution < -0.4 is 0 Å². The molecule has 0 radical (unpaired) electrons. The average Bonchev–Trinajstić information content (AvgIpc) is 2.95. The minimum Gasteiger partial charge on any atom is -0.463 e. The zero-order chi connectivity index (χ0) is 22.8. The molecule has 0 spiro atoms. The molecule has 3 fully saturated rings. The third-order valence-corrected chi connectivity index (χ3v) is 9.66. The summed E-state index contributed by atoms with van der Waals surface area (Å²) < 4.78 is 11.0. The van der Waals surface area contributed by atoms with Crippen molar-refractivity contribution in [2.75, 3.05) is 0 Å². The zero-order valence-corrected chi connectivity index (χ0v) is 19.5. The highest BCUT2D eigenvalue weighted by Gasteiger charge is 2.70. The van der Waals surface area contributed by atoms with E-state index in [9.17, 15) is 19.8 Å². The van der Waals surface area contributed by atoms with E-state index in [4.69, 9.17) is 9.47 Å². The monoisotopic (exact) mass is 434 g/mol. The molecule has 0 saturated heterocycles.